The lowest BCUT2D eigenvalue weighted by Crippen LogP contribution is -2.10. The summed E-state index contributed by atoms with van der Waals surface area (Å²) in [6.07, 6.45) is 1.84. The number of halogens is 1. The van der Waals surface area contributed by atoms with Crippen molar-refractivity contribution in [3.8, 4) is 5.75 Å². The number of carbonyl (C=O) groups excluding carboxylic acids is 1. The smallest absolute Gasteiger partial charge is 0.269 e. The van der Waals surface area contributed by atoms with Gasteiger partial charge in [-0.05, 0) is 60.4 Å². The molecule has 5 heteroatoms. The Hall–Kier alpha value is -2.82. The minimum Gasteiger partial charge on any atom is -0.506 e. The van der Waals surface area contributed by atoms with Gasteiger partial charge in [0.1, 0.15) is 10.6 Å². The molecular weight excluding hydrogens is 390 g/mol. The summed E-state index contributed by atoms with van der Waals surface area (Å²) in [4.78, 5) is 12.9. The first kappa shape index (κ1) is 18.5. The van der Waals surface area contributed by atoms with Crippen LogP contribution in [-0.2, 0) is 12.8 Å². The van der Waals surface area contributed by atoms with E-state index in [0.717, 1.165) is 22.6 Å². The van der Waals surface area contributed by atoms with Crippen molar-refractivity contribution in [3.05, 3.63) is 93.8 Å². The molecule has 0 saturated carbocycles. The van der Waals surface area contributed by atoms with Crippen molar-refractivity contribution >= 4 is 44.6 Å². The summed E-state index contributed by atoms with van der Waals surface area (Å²) in [5, 5.41) is 14.6. The van der Waals surface area contributed by atoms with Crippen LogP contribution in [0.25, 0.3) is 10.1 Å². The Morgan fingerprint density at radius 3 is 2.14 bits per heavy atom. The van der Waals surface area contributed by atoms with E-state index < -0.39 is 0 Å². The molecule has 0 aliphatic rings. The van der Waals surface area contributed by atoms with E-state index in [2.05, 4.69) is 5.32 Å². The molecule has 3 aromatic carbocycles. The van der Waals surface area contributed by atoms with Gasteiger partial charge in [-0.1, -0.05) is 48.0 Å². The molecule has 0 fully saturated rings. The highest BCUT2D eigenvalue weighted by Gasteiger charge is 2.17. The SMILES string of the molecule is O=C(Nc1ccc(CCc2ccc(Cl)cc2)cc1)c1sc2ccccc2c1O. The highest BCUT2D eigenvalue weighted by atomic mass is 35.5. The molecule has 0 bridgehead atoms. The molecule has 4 rings (SSSR count). The van der Waals surface area contributed by atoms with Crippen molar-refractivity contribution in [2.24, 2.45) is 0 Å². The monoisotopic (exact) mass is 407 g/mol. The van der Waals surface area contributed by atoms with Gasteiger partial charge in [0.05, 0.1) is 0 Å². The number of fused-ring (bicyclic) bond motifs is 1. The number of rotatable bonds is 5. The van der Waals surface area contributed by atoms with E-state index in [0.29, 0.717) is 16.0 Å². The van der Waals surface area contributed by atoms with Gasteiger partial charge in [-0.15, -0.1) is 11.3 Å². The Balaban J connectivity index is 1.41. The number of hydrogen-bond donors (Lipinski definition) is 2. The zero-order valence-electron chi connectivity index (χ0n) is 15.0. The van der Waals surface area contributed by atoms with Gasteiger partial charge >= 0.3 is 0 Å². The third-order valence-corrected chi connectivity index (χ3v) is 6.01. The first-order chi connectivity index (χ1) is 13.6. The maximum atomic E-state index is 12.6. The summed E-state index contributed by atoms with van der Waals surface area (Å²) >= 11 is 7.20. The molecule has 0 unspecified atom stereocenters. The van der Waals surface area contributed by atoms with Gasteiger partial charge in [0.15, 0.2) is 0 Å². The standard InChI is InChI=1S/C23H18ClNO2S/c24-17-11-7-15(8-12-17)5-6-16-9-13-18(14-10-16)25-23(27)22-21(26)19-3-1-2-4-20(19)28-22/h1-4,7-14,26H,5-6H2,(H,25,27). The lowest BCUT2D eigenvalue weighted by Gasteiger charge is -2.06. The number of anilines is 1. The van der Waals surface area contributed by atoms with Crippen molar-refractivity contribution in [2.75, 3.05) is 5.32 Å². The fourth-order valence-electron chi connectivity index (χ4n) is 3.07. The summed E-state index contributed by atoms with van der Waals surface area (Å²) in [5.74, 6) is -0.259. The molecule has 0 radical (unpaired) electrons. The second-order valence-corrected chi connectivity index (χ2v) is 8.04. The Morgan fingerprint density at radius 1 is 0.893 bits per heavy atom. The molecular formula is C23H18ClNO2S. The molecule has 1 heterocycles. The Bertz CT molecular complexity index is 1120. The normalized spacial score (nSPS) is 10.9. The van der Waals surface area contributed by atoms with E-state index in [1.54, 1.807) is 0 Å². The van der Waals surface area contributed by atoms with Crippen LogP contribution in [0.2, 0.25) is 5.02 Å². The van der Waals surface area contributed by atoms with E-state index in [1.807, 2.05) is 72.8 Å². The van der Waals surface area contributed by atoms with Crippen LogP contribution < -0.4 is 5.32 Å². The molecule has 2 N–H and O–H groups in total. The van der Waals surface area contributed by atoms with Crippen LogP contribution in [0.15, 0.2) is 72.8 Å². The maximum absolute atomic E-state index is 12.6. The van der Waals surface area contributed by atoms with Gasteiger partial charge in [-0.25, -0.2) is 0 Å². The number of hydrogen-bond acceptors (Lipinski definition) is 3. The van der Waals surface area contributed by atoms with Gasteiger partial charge in [-0.3, -0.25) is 4.79 Å². The average molecular weight is 408 g/mol. The van der Waals surface area contributed by atoms with Crippen LogP contribution in [0.3, 0.4) is 0 Å². The number of thiophene rings is 1. The average Bonchev–Trinajstić information content (AvgIpc) is 3.06. The number of aromatic hydroxyl groups is 1. The molecule has 0 spiro atoms. The molecule has 3 nitrogen and oxygen atoms in total. The molecule has 4 aromatic rings. The van der Waals surface area contributed by atoms with Crippen LogP contribution in [0.1, 0.15) is 20.8 Å². The van der Waals surface area contributed by atoms with Gasteiger partial charge in [-0.2, -0.15) is 0 Å². The lowest BCUT2D eigenvalue weighted by molar-refractivity contribution is 0.102. The fourth-order valence-corrected chi connectivity index (χ4v) is 4.19. The number of nitrogens with one attached hydrogen (secondary N) is 1. The van der Waals surface area contributed by atoms with Crippen molar-refractivity contribution in [1.82, 2.24) is 0 Å². The molecule has 0 aliphatic carbocycles. The largest absolute Gasteiger partial charge is 0.506 e. The molecule has 140 valence electrons. The summed E-state index contributed by atoms with van der Waals surface area (Å²) in [5.41, 5.74) is 3.14. The Morgan fingerprint density at radius 2 is 1.50 bits per heavy atom. The second kappa shape index (κ2) is 8.05. The molecule has 0 aliphatic heterocycles. The van der Waals surface area contributed by atoms with Crippen LogP contribution in [0, 0.1) is 0 Å². The quantitative estimate of drug-likeness (QED) is 0.408. The van der Waals surface area contributed by atoms with Crippen LogP contribution in [0.5, 0.6) is 5.75 Å². The van der Waals surface area contributed by atoms with Crippen molar-refractivity contribution in [1.29, 1.82) is 0 Å². The van der Waals surface area contributed by atoms with Crippen LogP contribution in [-0.4, -0.2) is 11.0 Å². The van der Waals surface area contributed by atoms with Gasteiger partial charge in [0.2, 0.25) is 0 Å². The lowest BCUT2D eigenvalue weighted by atomic mass is 10.0. The Labute approximate surface area is 172 Å². The van der Waals surface area contributed by atoms with Crippen molar-refractivity contribution < 1.29 is 9.90 Å². The van der Waals surface area contributed by atoms with Gasteiger partial charge in [0, 0.05) is 20.8 Å². The molecule has 1 amide bonds. The minimum absolute atomic E-state index is 0.0395. The summed E-state index contributed by atoms with van der Waals surface area (Å²) < 4.78 is 0.891. The van der Waals surface area contributed by atoms with Crippen LogP contribution in [0.4, 0.5) is 5.69 Å². The fraction of sp³-hybridized carbons (Fsp3) is 0.0870. The van der Waals surface area contributed by atoms with Crippen molar-refractivity contribution in [2.45, 2.75) is 12.8 Å². The first-order valence-corrected chi connectivity index (χ1v) is 10.1. The predicted molar refractivity (Wildman–Crippen MR) is 117 cm³/mol. The summed E-state index contributed by atoms with van der Waals surface area (Å²) in [7, 11) is 0. The molecule has 28 heavy (non-hydrogen) atoms. The number of carbonyl (C=O) groups is 1. The van der Waals surface area contributed by atoms with E-state index in [1.165, 1.54) is 22.5 Å². The second-order valence-electron chi connectivity index (χ2n) is 6.55. The van der Waals surface area contributed by atoms with E-state index >= 15 is 0 Å². The first-order valence-electron chi connectivity index (χ1n) is 8.95. The van der Waals surface area contributed by atoms with Gasteiger partial charge in [0.25, 0.3) is 5.91 Å². The third kappa shape index (κ3) is 4.03. The number of aryl methyl sites for hydroxylation is 2. The van der Waals surface area contributed by atoms with Gasteiger partial charge < -0.3 is 10.4 Å². The van der Waals surface area contributed by atoms with Crippen molar-refractivity contribution in [3.63, 3.8) is 0 Å². The molecule has 1 aromatic heterocycles. The molecule has 0 atom stereocenters. The maximum Gasteiger partial charge on any atom is 0.269 e. The zero-order valence-corrected chi connectivity index (χ0v) is 16.6. The number of benzene rings is 3. The van der Waals surface area contributed by atoms with E-state index in [9.17, 15) is 9.90 Å². The highest BCUT2D eigenvalue weighted by molar-refractivity contribution is 7.21. The summed E-state index contributed by atoms with van der Waals surface area (Å²) in [6.45, 7) is 0. The van der Waals surface area contributed by atoms with Crippen LogP contribution >= 0.6 is 22.9 Å². The highest BCUT2D eigenvalue weighted by Crippen LogP contribution is 2.36. The predicted octanol–water partition coefficient (Wildman–Crippen LogP) is 6.30. The minimum atomic E-state index is -0.299. The topological polar surface area (TPSA) is 49.3 Å². The number of amides is 1. The zero-order chi connectivity index (χ0) is 19.5. The Kier molecular flexibility index (Phi) is 5.33. The van der Waals surface area contributed by atoms with E-state index in [4.69, 9.17) is 11.6 Å². The third-order valence-electron chi connectivity index (χ3n) is 4.60. The molecule has 0 saturated heterocycles. The summed E-state index contributed by atoms with van der Waals surface area (Å²) in [6, 6.07) is 23.1. The van der Waals surface area contributed by atoms with E-state index in [-0.39, 0.29) is 11.7 Å².